The first-order valence-electron chi connectivity index (χ1n) is 9.42. The molecule has 0 aliphatic rings. The maximum Gasteiger partial charge on any atom is 0.242 e. The smallest absolute Gasteiger partial charge is 0.242 e. The third-order valence-corrected chi connectivity index (χ3v) is 6.07. The zero-order valence-corrected chi connectivity index (χ0v) is 18.9. The standard InChI is InChI=1S/C22H27BrN2O2S/c1-4-16(2)24-22(27)17(3)25(14-18-10-12-19(23)13-11-18)21(26)15-28-20-8-6-5-7-9-20/h5-13,16-17H,4,14-15H2,1-3H3,(H,24,27). The molecule has 0 aliphatic heterocycles. The normalized spacial score (nSPS) is 12.9. The summed E-state index contributed by atoms with van der Waals surface area (Å²) in [4.78, 5) is 28.4. The molecule has 150 valence electrons. The molecule has 0 saturated carbocycles. The van der Waals surface area contributed by atoms with Crippen LogP contribution < -0.4 is 5.32 Å². The first-order chi connectivity index (χ1) is 13.4. The van der Waals surface area contributed by atoms with E-state index in [1.807, 2.05) is 68.4 Å². The summed E-state index contributed by atoms with van der Waals surface area (Å²) in [6, 6.07) is 17.2. The average molecular weight is 463 g/mol. The van der Waals surface area contributed by atoms with E-state index in [4.69, 9.17) is 0 Å². The van der Waals surface area contributed by atoms with E-state index in [-0.39, 0.29) is 17.9 Å². The molecular weight excluding hydrogens is 436 g/mol. The van der Waals surface area contributed by atoms with Crippen LogP contribution in [0.25, 0.3) is 0 Å². The van der Waals surface area contributed by atoms with E-state index in [0.29, 0.717) is 12.3 Å². The van der Waals surface area contributed by atoms with Gasteiger partial charge in [0, 0.05) is 22.0 Å². The van der Waals surface area contributed by atoms with Gasteiger partial charge in [-0.2, -0.15) is 0 Å². The fraction of sp³-hybridized carbons (Fsp3) is 0.364. The van der Waals surface area contributed by atoms with Gasteiger partial charge in [0.05, 0.1) is 5.75 Å². The molecule has 0 fully saturated rings. The van der Waals surface area contributed by atoms with Crippen molar-refractivity contribution in [1.82, 2.24) is 10.2 Å². The third kappa shape index (κ3) is 6.99. The second kappa shape index (κ2) is 11.3. The lowest BCUT2D eigenvalue weighted by Crippen LogP contribution is -2.50. The van der Waals surface area contributed by atoms with Gasteiger partial charge in [-0.25, -0.2) is 0 Å². The van der Waals surface area contributed by atoms with Gasteiger partial charge >= 0.3 is 0 Å². The Bertz CT molecular complexity index is 768. The van der Waals surface area contributed by atoms with Gasteiger partial charge in [-0.15, -0.1) is 11.8 Å². The van der Waals surface area contributed by atoms with E-state index < -0.39 is 6.04 Å². The minimum Gasteiger partial charge on any atom is -0.352 e. The zero-order valence-electron chi connectivity index (χ0n) is 16.5. The number of nitrogens with one attached hydrogen (secondary N) is 1. The van der Waals surface area contributed by atoms with Gasteiger partial charge in [0.2, 0.25) is 11.8 Å². The highest BCUT2D eigenvalue weighted by Gasteiger charge is 2.26. The highest BCUT2D eigenvalue weighted by Crippen LogP contribution is 2.20. The molecule has 0 radical (unpaired) electrons. The molecule has 6 heteroatoms. The molecule has 28 heavy (non-hydrogen) atoms. The van der Waals surface area contributed by atoms with Crippen LogP contribution in [0.15, 0.2) is 64.0 Å². The molecule has 4 nitrogen and oxygen atoms in total. The van der Waals surface area contributed by atoms with Gasteiger partial charge in [0.15, 0.2) is 0 Å². The Balaban J connectivity index is 2.12. The second-order valence-corrected chi connectivity index (χ2v) is 8.71. The summed E-state index contributed by atoms with van der Waals surface area (Å²) < 4.78 is 0.983. The number of carbonyl (C=O) groups is 2. The predicted molar refractivity (Wildman–Crippen MR) is 119 cm³/mol. The van der Waals surface area contributed by atoms with Crippen molar-refractivity contribution in [3.63, 3.8) is 0 Å². The van der Waals surface area contributed by atoms with Crippen LogP contribution in [0.1, 0.15) is 32.8 Å². The van der Waals surface area contributed by atoms with Crippen LogP contribution in [-0.4, -0.2) is 34.6 Å². The highest BCUT2D eigenvalue weighted by atomic mass is 79.9. The summed E-state index contributed by atoms with van der Waals surface area (Å²) in [6.07, 6.45) is 0.850. The van der Waals surface area contributed by atoms with Gasteiger partial charge in [0.1, 0.15) is 6.04 Å². The fourth-order valence-corrected chi connectivity index (χ4v) is 3.65. The van der Waals surface area contributed by atoms with E-state index in [1.54, 1.807) is 11.8 Å². The highest BCUT2D eigenvalue weighted by molar-refractivity contribution is 9.10. The van der Waals surface area contributed by atoms with Crippen LogP contribution in [0.3, 0.4) is 0 Å². The van der Waals surface area contributed by atoms with Crippen molar-refractivity contribution in [2.24, 2.45) is 0 Å². The average Bonchev–Trinajstić information content (AvgIpc) is 2.71. The van der Waals surface area contributed by atoms with Gasteiger partial charge in [-0.3, -0.25) is 9.59 Å². The van der Waals surface area contributed by atoms with Gasteiger partial charge in [0.25, 0.3) is 0 Å². The molecule has 2 unspecified atom stereocenters. The first kappa shape index (κ1) is 22.5. The van der Waals surface area contributed by atoms with E-state index in [0.717, 1.165) is 21.4 Å². The molecule has 2 aromatic carbocycles. The summed E-state index contributed by atoms with van der Waals surface area (Å²) >= 11 is 4.92. The van der Waals surface area contributed by atoms with E-state index in [1.165, 1.54) is 11.8 Å². The lowest BCUT2D eigenvalue weighted by Gasteiger charge is -2.29. The van der Waals surface area contributed by atoms with Crippen LogP contribution in [0, 0.1) is 0 Å². The SMILES string of the molecule is CCC(C)NC(=O)C(C)N(Cc1ccc(Br)cc1)C(=O)CSc1ccccc1. The monoisotopic (exact) mass is 462 g/mol. The molecule has 0 bridgehead atoms. The first-order valence-corrected chi connectivity index (χ1v) is 11.2. The molecule has 2 amide bonds. The number of benzene rings is 2. The Labute approximate surface area is 180 Å². The van der Waals surface area contributed by atoms with Crippen molar-refractivity contribution in [1.29, 1.82) is 0 Å². The predicted octanol–water partition coefficient (Wildman–Crippen LogP) is 4.87. The topological polar surface area (TPSA) is 49.4 Å². The molecule has 2 rings (SSSR count). The molecule has 2 aromatic rings. The van der Waals surface area contributed by atoms with Crippen molar-refractivity contribution < 1.29 is 9.59 Å². The van der Waals surface area contributed by atoms with Gasteiger partial charge in [-0.1, -0.05) is 53.2 Å². The minimum absolute atomic E-state index is 0.0522. The fourth-order valence-electron chi connectivity index (χ4n) is 2.58. The molecule has 0 spiro atoms. The van der Waals surface area contributed by atoms with E-state index >= 15 is 0 Å². The van der Waals surface area contributed by atoms with Crippen molar-refractivity contribution >= 4 is 39.5 Å². The van der Waals surface area contributed by atoms with Crippen LogP contribution in [-0.2, 0) is 16.1 Å². The number of halogens is 1. The molecule has 1 N–H and O–H groups in total. The molecule has 0 heterocycles. The summed E-state index contributed by atoms with van der Waals surface area (Å²) in [5.41, 5.74) is 0.990. The maximum atomic E-state index is 13.0. The summed E-state index contributed by atoms with van der Waals surface area (Å²) in [5, 5.41) is 2.99. The lowest BCUT2D eigenvalue weighted by molar-refractivity contribution is -0.138. The van der Waals surface area contributed by atoms with Crippen LogP contribution in [0.5, 0.6) is 0 Å². The van der Waals surface area contributed by atoms with Crippen LogP contribution in [0.2, 0.25) is 0 Å². The van der Waals surface area contributed by atoms with Crippen molar-refractivity contribution in [2.75, 3.05) is 5.75 Å². The van der Waals surface area contributed by atoms with E-state index in [9.17, 15) is 9.59 Å². The number of hydrogen-bond acceptors (Lipinski definition) is 3. The molecular formula is C22H27BrN2O2S. The third-order valence-electron chi connectivity index (χ3n) is 4.54. The Morgan fingerprint density at radius 1 is 1.07 bits per heavy atom. The van der Waals surface area contributed by atoms with E-state index in [2.05, 4.69) is 21.2 Å². The largest absolute Gasteiger partial charge is 0.352 e. The lowest BCUT2D eigenvalue weighted by atomic mass is 10.1. The minimum atomic E-state index is -0.540. The quantitative estimate of drug-likeness (QED) is 0.540. The Kier molecular flexibility index (Phi) is 9.06. The Morgan fingerprint density at radius 3 is 2.32 bits per heavy atom. The number of thioether (sulfide) groups is 1. The summed E-state index contributed by atoms with van der Waals surface area (Å²) in [6.45, 7) is 6.19. The van der Waals surface area contributed by atoms with Gasteiger partial charge < -0.3 is 10.2 Å². The molecule has 0 aromatic heterocycles. The number of amides is 2. The maximum absolute atomic E-state index is 13.0. The molecule has 0 aliphatic carbocycles. The number of hydrogen-bond donors (Lipinski definition) is 1. The number of nitrogens with zero attached hydrogens (tertiary/aromatic N) is 1. The number of carbonyl (C=O) groups excluding carboxylic acids is 2. The summed E-state index contributed by atoms with van der Waals surface area (Å²) in [7, 11) is 0. The zero-order chi connectivity index (χ0) is 20.5. The summed E-state index contributed by atoms with van der Waals surface area (Å²) in [5.74, 6) is 0.120. The Morgan fingerprint density at radius 2 is 1.71 bits per heavy atom. The second-order valence-electron chi connectivity index (χ2n) is 6.74. The van der Waals surface area contributed by atoms with Crippen molar-refractivity contribution in [3.8, 4) is 0 Å². The van der Waals surface area contributed by atoms with Crippen molar-refractivity contribution in [3.05, 3.63) is 64.6 Å². The molecule has 2 atom stereocenters. The number of rotatable bonds is 9. The van der Waals surface area contributed by atoms with Crippen molar-refractivity contribution in [2.45, 2.75) is 50.7 Å². The van der Waals surface area contributed by atoms with Crippen LogP contribution in [0.4, 0.5) is 0 Å². The molecule has 0 saturated heterocycles. The Hall–Kier alpha value is -1.79. The van der Waals surface area contributed by atoms with Gasteiger partial charge in [-0.05, 0) is 50.1 Å². The van der Waals surface area contributed by atoms with Crippen LogP contribution >= 0.6 is 27.7 Å².